The van der Waals surface area contributed by atoms with Crippen LogP contribution in [0.5, 0.6) is 0 Å². The molecule has 0 aliphatic rings. The average molecular weight is 532 g/mol. The Morgan fingerprint density at radius 2 is 1.53 bits per heavy atom. The van der Waals surface area contributed by atoms with Crippen LogP contribution in [0.1, 0.15) is 37.8 Å². The van der Waals surface area contributed by atoms with Gasteiger partial charge in [-0.2, -0.15) is 6.07 Å². The Bertz CT molecular complexity index is 1120. The van der Waals surface area contributed by atoms with Crippen LogP contribution in [0.15, 0.2) is 66.7 Å². The Hall–Kier alpha value is -0.790. The van der Waals surface area contributed by atoms with Crippen molar-refractivity contribution in [1.82, 2.24) is 0 Å². The Morgan fingerprint density at radius 3 is 2.13 bits per heavy atom. The van der Waals surface area contributed by atoms with E-state index in [0.29, 0.717) is 5.92 Å². The predicted octanol–water partition coefficient (Wildman–Crippen LogP) is 1.86. The zero-order chi connectivity index (χ0) is 20.3. The van der Waals surface area contributed by atoms with Crippen molar-refractivity contribution in [1.29, 1.82) is 0 Å². The van der Waals surface area contributed by atoms with Crippen molar-refractivity contribution >= 4 is 27.0 Å². The molecule has 4 aromatic rings. The quantitative estimate of drug-likeness (QED) is 0.280. The van der Waals surface area contributed by atoms with E-state index in [0.717, 1.165) is 6.42 Å². The molecule has 0 saturated heterocycles. The smallest absolute Gasteiger partial charge is 1.00 e. The van der Waals surface area contributed by atoms with E-state index >= 15 is 0 Å². The van der Waals surface area contributed by atoms with Crippen LogP contribution in [0.4, 0.5) is 0 Å². The fraction of sp³-hybridized carbons (Fsp3) is 0.269. The predicted molar refractivity (Wildman–Crippen MR) is 123 cm³/mol. The van der Waals surface area contributed by atoms with Gasteiger partial charge >= 0.3 is 41.9 Å². The molecular formula is C26H29Cl2SiZr-. The van der Waals surface area contributed by atoms with Gasteiger partial charge in [-0.25, -0.2) is 0 Å². The van der Waals surface area contributed by atoms with Gasteiger partial charge in [0.1, 0.15) is 0 Å². The molecule has 0 spiro atoms. The van der Waals surface area contributed by atoms with E-state index in [1.165, 1.54) is 43.8 Å². The van der Waals surface area contributed by atoms with Crippen molar-refractivity contribution in [2.45, 2.75) is 46.2 Å². The van der Waals surface area contributed by atoms with Crippen molar-refractivity contribution in [3.05, 3.63) is 77.9 Å². The molecule has 0 heterocycles. The minimum atomic E-state index is 0. The van der Waals surface area contributed by atoms with Crippen LogP contribution < -0.4 is 24.8 Å². The molecule has 0 aliphatic heterocycles. The molecule has 0 saturated carbocycles. The van der Waals surface area contributed by atoms with E-state index in [1.807, 2.05) is 0 Å². The normalized spacial score (nSPS) is 10.3. The first-order valence-electron chi connectivity index (χ1n) is 10.1. The molecule has 0 fully saturated rings. The van der Waals surface area contributed by atoms with Gasteiger partial charge in [0.15, 0.2) is 0 Å². The summed E-state index contributed by atoms with van der Waals surface area (Å²) < 4.78 is 0. The first-order chi connectivity index (χ1) is 13.4. The molecule has 0 aromatic heterocycles. The summed E-state index contributed by atoms with van der Waals surface area (Å²) in [6.07, 6.45) is 1.09. The van der Waals surface area contributed by atoms with Crippen LogP contribution in [0.3, 0.4) is 0 Å². The summed E-state index contributed by atoms with van der Waals surface area (Å²) in [7, 11) is 0. The third-order valence-electron chi connectivity index (χ3n) is 5.04. The van der Waals surface area contributed by atoms with Crippen LogP contribution >= 0.6 is 0 Å². The first-order valence-corrected chi connectivity index (χ1v) is 16.3. The summed E-state index contributed by atoms with van der Waals surface area (Å²) in [6, 6.07) is 24.9. The molecule has 156 valence electrons. The van der Waals surface area contributed by atoms with Crippen LogP contribution in [0, 0.1) is 0 Å². The molecular weight excluding hydrogens is 503 g/mol. The molecule has 0 N–H and O–H groups in total. The third kappa shape index (κ3) is 6.60. The largest absolute Gasteiger partial charge is 1.00 e. The first kappa shape index (κ1) is 27.2. The van der Waals surface area contributed by atoms with Crippen molar-refractivity contribution in [2.24, 2.45) is 0 Å². The van der Waals surface area contributed by atoms with E-state index < -0.39 is 0 Å². The van der Waals surface area contributed by atoms with E-state index in [2.05, 4.69) is 101 Å². The Kier molecular flexibility index (Phi) is 11.2. The van der Waals surface area contributed by atoms with Crippen LogP contribution in [0.25, 0.3) is 32.7 Å². The van der Waals surface area contributed by atoms with Crippen molar-refractivity contribution in [2.75, 3.05) is 0 Å². The molecule has 0 bridgehead atoms. The van der Waals surface area contributed by atoms with Crippen molar-refractivity contribution in [3.8, 4) is 11.1 Å². The number of rotatable bonds is 3. The molecule has 4 rings (SSSR count). The summed E-state index contributed by atoms with van der Waals surface area (Å²) in [6.45, 7) is 11.4. The van der Waals surface area contributed by atoms with Crippen LogP contribution in [-0.2, 0) is 29.8 Å². The second-order valence-electron chi connectivity index (χ2n) is 8.01. The monoisotopic (exact) mass is 529 g/mol. The van der Waals surface area contributed by atoms with E-state index in [4.69, 9.17) is 0 Å². The van der Waals surface area contributed by atoms with E-state index in [-0.39, 0.29) is 30.2 Å². The number of aryl methyl sites for hydroxylation is 1. The SMILES string of the molecule is CCc1cc2c(-c3ccc4ccccc4c3)cc(C(C)C)cc2[cH-]1.C[Si](C)=[Zr+2].[Cl-].[Cl-]. The maximum Gasteiger partial charge on any atom is -1.00 e. The fourth-order valence-corrected chi connectivity index (χ4v) is 3.54. The summed E-state index contributed by atoms with van der Waals surface area (Å²) in [5.74, 6) is 0.536. The number of benzene rings is 3. The summed E-state index contributed by atoms with van der Waals surface area (Å²) >= 11 is 1.74. The molecule has 0 aliphatic carbocycles. The standard InChI is InChI=1S/C24H23.C2H6Si.2ClH.Zr/c1-4-17-11-22-14-21(16(2)3)15-24(23(22)12-17)20-10-9-18-7-5-6-8-19(18)13-20;1-3-2;;;/h5-16H,4H2,1-3H3;1-2H3;2*1H;/q-1;;;;+2/p-2. The summed E-state index contributed by atoms with van der Waals surface area (Å²) in [5.41, 5.74) is 5.73. The molecule has 0 amide bonds. The Labute approximate surface area is 209 Å². The van der Waals surface area contributed by atoms with Crippen molar-refractivity contribution < 1.29 is 48.1 Å². The summed E-state index contributed by atoms with van der Waals surface area (Å²) in [5, 5.41) is 5.36. The number of hydrogen-bond acceptors (Lipinski definition) is 0. The molecule has 0 radical (unpaired) electrons. The van der Waals surface area contributed by atoms with Gasteiger partial charge in [0.05, 0.1) is 0 Å². The van der Waals surface area contributed by atoms with E-state index in [1.54, 1.807) is 23.3 Å². The molecule has 0 nitrogen and oxygen atoms in total. The maximum atomic E-state index is 2.39. The summed E-state index contributed by atoms with van der Waals surface area (Å²) in [4.78, 5) is 0. The zero-order valence-electron chi connectivity index (χ0n) is 18.4. The van der Waals surface area contributed by atoms with Gasteiger partial charge in [0.2, 0.25) is 0 Å². The maximum absolute atomic E-state index is 2.39. The van der Waals surface area contributed by atoms with Gasteiger partial charge in [-0.05, 0) is 34.7 Å². The van der Waals surface area contributed by atoms with Gasteiger partial charge < -0.3 is 24.8 Å². The fourth-order valence-electron chi connectivity index (χ4n) is 3.54. The molecule has 4 heteroatoms. The minimum Gasteiger partial charge on any atom is -1.00 e. The molecule has 4 aromatic carbocycles. The van der Waals surface area contributed by atoms with Gasteiger partial charge in [-0.3, -0.25) is 0 Å². The van der Waals surface area contributed by atoms with Gasteiger partial charge in [0.25, 0.3) is 0 Å². The third-order valence-corrected chi connectivity index (χ3v) is 5.04. The average Bonchev–Trinajstić information content (AvgIpc) is 3.09. The zero-order valence-corrected chi connectivity index (χ0v) is 23.4. The Morgan fingerprint density at radius 1 is 0.900 bits per heavy atom. The second-order valence-corrected chi connectivity index (χ2v) is 17.4. The minimum absolute atomic E-state index is 0. The van der Waals surface area contributed by atoms with Crippen LogP contribution in [0.2, 0.25) is 13.1 Å². The molecule has 0 unspecified atom stereocenters. The molecule has 30 heavy (non-hydrogen) atoms. The molecule has 0 atom stereocenters. The Balaban J connectivity index is 0.000000692. The van der Waals surface area contributed by atoms with E-state index in [9.17, 15) is 0 Å². The number of fused-ring (bicyclic) bond motifs is 2. The van der Waals surface area contributed by atoms with Crippen molar-refractivity contribution in [3.63, 3.8) is 0 Å². The topological polar surface area (TPSA) is 0 Å². The van der Waals surface area contributed by atoms with Crippen LogP contribution in [-0.4, -0.2) is 5.43 Å². The second kappa shape index (κ2) is 12.3. The number of halogens is 2. The van der Waals surface area contributed by atoms with Gasteiger partial charge in [0, 0.05) is 0 Å². The number of hydrogen-bond donors (Lipinski definition) is 0. The van der Waals surface area contributed by atoms with Gasteiger partial charge in [-0.1, -0.05) is 74.4 Å². The van der Waals surface area contributed by atoms with Gasteiger partial charge in [-0.15, -0.1) is 28.5 Å².